The maximum absolute atomic E-state index is 5.90. The summed E-state index contributed by atoms with van der Waals surface area (Å²) in [6.07, 6.45) is 6.79. The quantitative estimate of drug-likeness (QED) is 0.840. The second kappa shape index (κ2) is 6.59. The Hall–Kier alpha value is -1.06. The maximum atomic E-state index is 5.90. The zero-order chi connectivity index (χ0) is 13.8. The second-order valence-electron chi connectivity index (χ2n) is 5.91. The van der Waals surface area contributed by atoms with E-state index in [4.69, 9.17) is 9.47 Å². The molecule has 1 aromatic carbocycles. The molecular weight excluding hydrogens is 250 g/mol. The standard InChI is InChI=1S/C17H25NO2/c1-19-15-9-7-14(8-10-15)17-6-4-11-18(17)13-16-5-2-3-12-20-16/h7-10,16-17H,2-6,11-13H2,1H3. The minimum atomic E-state index is 0.447. The van der Waals surface area contributed by atoms with E-state index in [1.165, 1.54) is 44.2 Å². The molecule has 2 heterocycles. The van der Waals surface area contributed by atoms with E-state index in [0.29, 0.717) is 12.1 Å². The lowest BCUT2D eigenvalue weighted by Gasteiger charge is -2.31. The van der Waals surface area contributed by atoms with Gasteiger partial charge in [-0.3, -0.25) is 4.90 Å². The Morgan fingerprint density at radius 1 is 1.15 bits per heavy atom. The van der Waals surface area contributed by atoms with Crippen molar-refractivity contribution in [1.29, 1.82) is 0 Å². The molecule has 3 nitrogen and oxygen atoms in total. The molecule has 0 amide bonds. The SMILES string of the molecule is COc1ccc(C2CCCN2CC2CCCCO2)cc1. The van der Waals surface area contributed by atoms with E-state index in [2.05, 4.69) is 29.2 Å². The molecule has 0 aromatic heterocycles. The first-order valence-electron chi connectivity index (χ1n) is 7.86. The third-order valence-electron chi connectivity index (χ3n) is 4.58. The van der Waals surface area contributed by atoms with Gasteiger partial charge >= 0.3 is 0 Å². The van der Waals surface area contributed by atoms with Crippen LogP contribution in [0.25, 0.3) is 0 Å². The lowest BCUT2D eigenvalue weighted by atomic mass is 10.0. The van der Waals surface area contributed by atoms with Crippen molar-refractivity contribution in [3.05, 3.63) is 29.8 Å². The lowest BCUT2D eigenvalue weighted by molar-refractivity contribution is -0.00806. The van der Waals surface area contributed by atoms with Crippen LogP contribution >= 0.6 is 0 Å². The van der Waals surface area contributed by atoms with Crippen LogP contribution in [0, 0.1) is 0 Å². The van der Waals surface area contributed by atoms with Crippen LogP contribution in [0.15, 0.2) is 24.3 Å². The number of rotatable bonds is 4. The van der Waals surface area contributed by atoms with E-state index in [0.717, 1.165) is 18.9 Å². The van der Waals surface area contributed by atoms with Crippen LogP contribution in [0.3, 0.4) is 0 Å². The summed E-state index contributed by atoms with van der Waals surface area (Å²) >= 11 is 0. The Morgan fingerprint density at radius 3 is 2.70 bits per heavy atom. The van der Waals surface area contributed by atoms with Crippen LogP contribution in [-0.2, 0) is 4.74 Å². The number of ether oxygens (including phenoxy) is 2. The molecular formula is C17H25NO2. The highest BCUT2D eigenvalue weighted by Crippen LogP contribution is 2.33. The number of hydrogen-bond acceptors (Lipinski definition) is 3. The van der Waals surface area contributed by atoms with Gasteiger partial charge in [0.2, 0.25) is 0 Å². The fourth-order valence-electron chi connectivity index (χ4n) is 3.46. The predicted molar refractivity (Wildman–Crippen MR) is 80.1 cm³/mol. The van der Waals surface area contributed by atoms with Crippen molar-refractivity contribution in [1.82, 2.24) is 4.90 Å². The molecule has 0 radical (unpaired) electrons. The minimum Gasteiger partial charge on any atom is -0.497 e. The molecule has 2 fully saturated rings. The molecule has 2 aliphatic heterocycles. The molecule has 0 saturated carbocycles. The Kier molecular flexibility index (Phi) is 4.58. The molecule has 3 heteroatoms. The number of benzene rings is 1. The Morgan fingerprint density at radius 2 is 2.00 bits per heavy atom. The third-order valence-corrected chi connectivity index (χ3v) is 4.58. The molecule has 0 spiro atoms. The number of methoxy groups -OCH3 is 1. The first-order chi connectivity index (χ1) is 9.86. The largest absolute Gasteiger partial charge is 0.497 e. The Labute approximate surface area is 121 Å². The van der Waals surface area contributed by atoms with Crippen LogP contribution in [0.1, 0.15) is 43.7 Å². The van der Waals surface area contributed by atoms with Crippen LogP contribution in [0.2, 0.25) is 0 Å². The first kappa shape index (κ1) is 13.9. The molecule has 0 N–H and O–H groups in total. The van der Waals surface area contributed by atoms with Crippen molar-refractivity contribution in [3.63, 3.8) is 0 Å². The fourth-order valence-corrected chi connectivity index (χ4v) is 3.46. The average molecular weight is 275 g/mol. The maximum Gasteiger partial charge on any atom is 0.118 e. The van der Waals surface area contributed by atoms with E-state index in [9.17, 15) is 0 Å². The summed E-state index contributed by atoms with van der Waals surface area (Å²) in [5, 5.41) is 0. The summed E-state index contributed by atoms with van der Waals surface area (Å²) in [5.74, 6) is 0.939. The van der Waals surface area contributed by atoms with E-state index in [1.54, 1.807) is 7.11 Å². The van der Waals surface area contributed by atoms with Gasteiger partial charge < -0.3 is 9.47 Å². The van der Waals surface area contributed by atoms with Gasteiger partial charge in [0.05, 0.1) is 13.2 Å². The number of nitrogens with zero attached hydrogens (tertiary/aromatic N) is 1. The topological polar surface area (TPSA) is 21.7 Å². The van der Waals surface area contributed by atoms with Gasteiger partial charge in [0.25, 0.3) is 0 Å². The van der Waals surface area contributed by atoms with E-state index in [-0.39, 0.29) is 0 Å². The summed E-state index contributed by atoms with van der Waals surface area (Å²) in [6.45, 7) is 3.25. The van der Waals surface area contributed by atoms with Gasteiger partial charge in [-0.2, -0.15) is 0 Å². The zero-order valence-corrected chi connectivity index (χ0v) is 12.4. The van der Waals surface area contributed by atoms with E-state index < -0.39 is 0 Å². The van der Waals surface area contributed by atoms with Gasteiger partial charge in [-0.05, 0) is 56.3 Å². The van der Waals surface area contributed by atoms with Gasteiger partial charge in [-0.15, -0.1) is 0 Å². The van der Waals surface area contributed by atoms with Crippen molar-refractivity contribution < 1.29 is 9.47 Å². The normalized spacial score (nSPS) is 27.6. The highest BCUT2D eigenvalue weighted by Gasteiger charge is 2.28. The summed E-state index contributed by atoms with van der Waals surface area (Å²) < 4.78 is 11.1. The highest BCUT2D eigenvalue weighted by molar-refractivity contribution is 5.29. The van der Waals surface area contributed by atoms with Crippen molar-refractivity contribution in [2.24, 2.45) is 0 Å². The van der Waals surface area contributed by atoms with Crippen molar-refractivity contribution in [3.8, 4) is 5.75 Å². The smallest absolute Gasteiger partial charge is 0.118 e. The van der Waals surface area contributed by atoms with Crippen molar-refractivity contribution in [2.45, 2.75) is 44.2 Å². The molecule has 110 valence electrons. The van der Waals surface area contributed by atoms with Crippen LogP contribution < -0.4 is 4.74 Å². The fraction of sp³-hybridized carbons (Fsp3) is 0.647. The molecule has 0 aliphatic carbocycles. The van der Waals surface area contributed by atoms with Crippen molar-refractivity contribution >= 4 is 0 Å². The second-order valence-corrected chi connectivity index (χ2v) is 5.91. The van der Waals surface area contributed by atoms with Gasteiger partial charge in [-0.25, -0.2) is 0 Å². The molecule has 1 aromatic rings. The van der Waals surface area contributed by atoms with Gasteiger partial charge in [0.1, 0.15) is 5.75 Å². The Bertz CT molecular complexity index is 412. The molecule has 2 unspecified atom stereocenters. The first-order valence-corrected chi connectivity index (χ1v) is 7.86. The predicted octanol–water partition coefficient (Wildman–Crippen LogP) is 3.40. The van der Waals surface area contributed by atoms with Gasteiger partial charge in [0, 0.05) is 19.2 Å². The van der Waals surface area contributed by atoms with E-state index in [1.807, 2.05) is 0 Å². The van der Waals surface area contributed by atoms with Gasteiger partial charge in [-0.1, -0.05) is 12.1 Å². The van der Waals surface area contributed by atoms with Crippen molar-refractivity contribution in [2.75, 3.05) is 26.8 Å². The monoisotopic (exact) mass is 275 g/mol. The number of likely N-dealkylation sites (tertiary alicyclic amines) is 1. The molecule has 3 rings (SSSR count). The third kappa shape index (κ3) is 3.15. The van der Waals surface area contributed by atoms with E-state index >= 15 is 0 Å². The lowest BCUT2D eigenvalue weighted by Crippen LogP contribution is -2.35. The summed E-state index contributed by atoms with van der Waals surface area (Å²) in [6, 6.07) is 9.13. The molecule has 2 aliphatic rings. The molecule has 0 bridgehead atoms. The van der Waals surface area contributed by atoms with Crippen LogP contribution in [0.4, 0.5) is 0 Å². The summed E-state index contributed by atoms with van der Waals surface area (Å²) in [5.41, 5.74) is 1.42. The number of hydrogen-bond donors (Lipinski definition) is 0. The Balaban J connectivity index is 1.64. The average Bonchev–Trinajstić information content (AvgIpc) is 2.96. The summed E-state index contributed by atoms with van der Waals surface area (Å²) in [7, 11) is 1.72. The molecule has 2 saturated heterocycles. The zero-order valence-electron chi connectivity index (χ0n) is 12.4. The highest BCUT2D eigenvalue weighted by atomic mass is 16.5. The van der Waals surface area contributed by atoms with Gasteiger partial charge in [0.15, 0.2) is 0 Å². The minimum absolute atomic E-state index is 0.447. The van der Waals surface area contributed by atoms with Crippen LogP contribution in [-0.4, -0.2) is 37.8 Å². The molecule has 2 atom stereocenters. The summed E-state index contributed by atoms with van der Waals surface area (Å²) in [4.78, 5) is 2.61. The van der Waals surface area contributed by atoms with Crippen LogP contribution in [0.5, 0.6) is 5.75 Å². The molecule has 20 heavy (non-hydrogen) atoms.